The molecule has 0 aliphatic carbocycles. The first kappa shape index (κ1) is 27.9. The molecule has 0 aliphatic heterocycles. The number of para-hydroxylation sites is 1. The van der Waals surface area contributed by atoms with Crippen LogP contribution in [0.3, 0.4) is 0 Å². The quantitative estimate of drug-likeness (QED) is 0.185. The predicted octanol–water partition coefficient (Wildman–Crippen LogP) is 13.2. The van der Waals surface area contributed by atoms with Crippen molar-refractivity contribution >= 4 is 49.8 Å². The number of furan rings is 1. The third kappa shape index (κ3) is 4.92. The fraction of sp³-hybridized carbons (Fsp3) is 0. The predicted molar refractivity (Wildman–Crippen MR) is 202 cm³/mol. The second-order valence-corrected chi connectivity index (χ2v) is 12.2. The van der Waals surface area contributed by atoms with Crippen LogP contribution in [-0.2, 0) is 0 Å². The van der Waals surface area contributed by atoms with Crippen LogP contribution < -0.4 is 4.90 Å². The topological polar surface area (TPSA) is 16.4 Å². The fourth-order valence-electron chi connectivity index (χ4n) is 6.96. The molecule has 8 aromatic carbocycles. The smallest absolute Gasteiger partial charge is 0.136 e. The van der Waals surface area contributed by atoms with Crippen molar-refractivity contribution in [2.75, 3.05) is 4.90 Å². The Hall–Kier alpha value is -6.38. The van der Waals surface area contributed by atoms with Crippen LogP contribution in [-0.4, -0.2) is 0 Å². The SMILES string of the molecule is c1ccc(-c2cccc(N(c3ccccc3)c3ccc(-c4cccc5ccc6oc7cc(-c8ccccc8)ccc7c6c45)cc3)c2)cc1. The highest BCUT2D eigenvalue weighted by Gasteiger charge is 2.17. The van der Waals surface area contributed by atoms with Gasteiger partial charge in [0.2, 0.25) is 0 Å². The maximum absolute atomic E-state index is 6.50. The van der Waals surface area contributed by atoms with Crippen LogP contribution in [0.1, 0.15) is 0 Å². The van der Waals surface area contributed by atoms with Gasteiger partial charge in [0.1, 0.15) is 11.2 Å². The first-order chi connectivity index (χ1) is 23.8. The van der Waals surface area contributed by atoms with Gasteiger partial charge in [-0.1, -0.05) is 133 Å². The van der Waals surface area contributed by atoms with E-state index in [0.29, 0.717) is 0 Å². The van der Waals surface area contributed by atoms with Gasteiger partial charge >= 0.3 is 0 Å². The van der Waals surface area contributed by atoms with Crippen molar-refractivity contribution in [2.24, 2.45) is 0 Å². The third-order valence-electron chi connectivity index (χ3n) is 9.25. The highest BCUT2D eigenvalue weighted by atomic mass is 16.3. The Labute approximate surface area is 279 Å². The Balaban J connectivity index is 1.16. The zero-order valence-electron chi connectivity index (χ0n) is 26.3. The maximum Gasteiger partial charge on any atom is 0.136 e. The van der Waals surface area contributed by atoms with Crippen LogP contribution in [0.5, 0.6) is 0 Å². The summed E-state index contributed by atoms with van der Waals surface area (Å²) in [7, 11) is 0. The summed E-state index contributed by atoms with van der Waals surface area (Å²) in [6.07, 6.45) is 0. The number of hydrogen-bond donors (Lipinski definition) is 0. The molecule has 2 heteroatoms. The van der Waals surface area contributed by atoms with Crippen LogP contribution in [0.4, 0.5) is 17.1 Å². The molecule has 2 nitrogen and oxygen atoms in total. The van der Waals surface area contributed by atoms with Crippen LogP contribution >= 0.6 is 0 Å². The average molecular weight is 614 g/mol. The van der Waals surface area contributed by atoms with Crippen molar-refractivity contribution in [2.45, 2.75) is 0 Å². The molecule has 1 heterocycles. The molecule has 9 rings (SSSR count). The van der Waals surface area contributed by atoms with Gasteiger partial charge in [0.05, 0.1) is 0 Å². The minimum absolute atomic E-state index is 0.903. The van der Waals surface area contributed by atoms with Gasteiger partial charge in [0.25, 0.3) is 0 Å². The van der Waals surface area contributed by atoms with Gasteiger partial charge < -0.3 is 9.32 Å². The Bertz CT molecular complexity index is 2530. The van der Waals surface area contributed by atoms with Gasteiger partial charge in [-0.3, -0.25) is 0 Å². The highest BCUT2D eigenvalue weighted by Crippen LogP contribution is 2.42. The van der Waals surface area contributed by atoms with E-state index >= 15 is 0 Å². The summed E-state index contributed by atoms with van der Waals surface area (Å²) < 4.78 is 6.50. The lowest BCUT2D eigenvalue weighted by Gasteiger charge is -2.26. The van der Waals surface area contributed by atoms with Crippen molar-refractivity contribution in [3.05, 3.63) is 188 Å². The first-order valence-electron chi connectivity index (χ1n) is 16.3. The Kier molecular flexibility index (Phi) is 6.84. The van der Waals surface area contributed by atoms with Gasteiger partial charge in [-0.2, -0.15) is 0 Å². The van der Waals surface area contributed by atoms with Crippen LogP contribution in [0.2, 0.25) is 0 Å². The summed E-state index contributed by atoms with van der Waals surface area (Å²) in [4.78, 5) is 2.32. The minimum Gasteiger partial charge on any atom is -0.456 e. The van der Waals surface area contributed by atoms with Crippen molar-refractivity contribution < 1.29 is 4.42 Å². The molecule has 0 bridgehead atoms. The number of hydrogen-bond acceptors (Lipinski definition) is 2. The van der Waals surface area contributed by atoms with Crippen molar-refractivity contribution in [3.8, 4) is 33.4 Å². The van der Waals surface area contributed by atoms with E-state index in [2.05, 4.69) is 187 Å². The standard InChI is InChI=1S/C46H31NO/c1-4-12-32(13-5-1)36-17-10-20-40(30-36)47(38-18-8-3-9-19-38)39-26-22-34(23-27-39)41-21-11-16-35-25-29-43-46(45(35)41)42-28-24-37(31-44(42)48-43)33-14-6-2-7-15-33/h1-31H. The molecule has 0 spiro atoms. The van der Waals surface area contributed by atoms with E-state index in [1.54, 1.807) is 0 Å². The van der Waals surface area contributed by atoms with E-state index in [9.17, 15) is 0 Å². The summed E-state index contributed by atoms with van der Waals surface area (Å²) in [5.41, 5.74) is 12.2. The van der Waals surface area contributed by atoms with Crippen molar-refractivity contribution in [3.63, 3.8) is 0 Å². The van der Waals surface area contributed by atoms with Gasteiger partial charge in [-0.15, -0.1) is 0 Å². The number of anilines is 3. The van der Waals surface area contributed by atoms with E-state index < -0.39 is 0 Å². The molecular weight excluding hydrogens is 583 g/mol. The Morgan fingerprint density at radius 1 is 0.333 bits per heavy atom. The zero-order chi connectivity index (χ0) is 31.9. The van der Waals surface area contributed by atoms with Crippen molar-refractivity contribution in [1.82, 2.24) is 0 Å². The second-order valence-electron chi connectivity index (χ2n) is 12.2. The lowest BCUT2D eigenvalue weighted by atomic mass is 9.94. The third-order valence-corrected chi connectivity index (χ3v) is 9.25. The minimum atomic E-state index is 0.903. The molecular formula is C46H31NO. The number of fused-ring (bicyclic) bond motifs is 5. The summed E-state index contributed by atoms with van der Waals surface area (Å²) >= 11 is 0. The molecule has 0 saturated carbocycles. The number of nitrogens with zero attached hydrogens (tertiary/aromatic N) is 1. The summed E-state index contributed by atoms with van der Waals surface area (Å²) in [6.45, 7) is 0. The van der Waals surface area contributed by atoms with Gasteiger partial charge in [-0.25, -0.2) is 0 Å². The second kappa shape index (κ2) is 11.8. The van der Waals surface area contributed by atoms with Gasteiger partial charge in [-0.05, 0) is 93.4 Å². The molecule has 0 aliphatic rings. The fourth-order valence-corrected chi connectivity index (χ4v) is 6.96. The molecule has 0 amide bonds. The van der Waals surface area contributed by atoms with E-state index in [1.807, 2.05) is 6.07 Å². The molecule has 0 unspecified atom stereocenters. The van der Waals surface area contributed by atoms with E-state index in [0.717, 1.165) is 50.1 Å². The summed E-state index contributed by atoms with van der Waals surface area (Å²) in [5.74, 6) is 0. The molecule has 0 saturated heterocycles. The molecule has 48 heavy (non-hydrogen) atoms. The van der Waals surface area contributed by atoms with Gasteiger partial charge in [0, 0.05) is 33.2 Å². The molecule has 1 aromatic heterocycles. The lowest BCUT2D eigenvalue weighted by molar-refractivity contribution is 0.669. The van der Waals surface area contributed by atoms with Crippen LogP contribution in [0, 0.1) is 0 Å². The van der Waals surface area contributed by atoms with Crippen LogP contribution in [0.15, 0.2) is 192 Å². The molecule has 0 N–H and O–H groups in total. The van der Waals surface area contributed by atoms with E-state index in [-0.39, 0.29) is 0 Å². The first-order valence-corrected chi connectivity index (χ1v) is 16.3. The van der Waals surface area contributed by atoms with Gasteiger partial charge in [0.15, 0.2) is 0 Å². The zero-order valence-corrected chi connectivity index (χ0v) is 26.3. The summed E-state index contributed by atoms with van der Waals surface area (Å²) in [5, 5.41) is 4.70. The lowest BCUT2D eigenvalue weighted by Crippen LogP contribution is -2.09. The maximum atomic E-state index is 6.50. The molecule has 226 valence electrons. The number of benzene rings is 8. The normalized spacial score (nSPS) is 11.3. The Morgan fingerprint density at radius 2 is 0.917 bits per heavy atom. The van der Waals surface area contributed by atoms with Crippen LogP contribution in [0.25, 0.3) is 66.1 Å². The van der Waals surface area contributed by atoms with Crippen molar-refractivity contribution in [1.29, 1.82) is 0 Å². The Morgan fingerprint density at radius 3 is 1.65 bits per heavy atom. The number of rotatable bonds is 6. The molecule has 9 aromatic rings. The average Bonchev–Trinajstić information content (AvgIpc) is 3.55. The highest BCUT2D eigenvalue weighted by molar-refractivity contribution is 6.23. The molecule has 0 radical (unpaired) electrons. The van der Waals surface area contributed by atoms with E-state index in [4.69, 9.17) is 4.42 Å². The molecule has 0 fully saturated rings. The van der Waals surface area contributed by atoms with E-state index in [1.165, 1.54) is 33.0 Å². The largest absolute Gasteiger partial charge is 0.456 e. The monoisotopic (exact) mass is 613 g/mol. The summed E-state index contributed by atoms with van der Waals surface area (Å²) in [6, 6.07) is 66.8. The molecule has 0 atom stereocenters.